The summed E-state index contributed by atoms with van der Waals surface area (Å²) in [4.78, 5) is 0. The third-order valence-corrected chi connectivity index (χ3v) is 3.54. The van der Waals surface area contributed by atoms with Gasteiger partial charge in [-0.1, -0.05) is 11.6 Å². The Morgan fingerprint density at radius 2 is 2.25 bits per heavy atom. The van der Waals surface area contributed by atoms with Gasteiger partial charge in [0.25, 0.3) is 0 Å². The summed E-state index contributed by atoms with van der Waals surface area (Å²) in [6.07, 6.45) is 3.81. The molecule has 1 saturated carbocycles. The zero-order valence-electron chi connectivity index (χ0n) is 9.58. The van der Waals surface area contributed by atoms with Crippen LogP contribution in [0.5, 0.6) is 5.75 Å². The molecule has 2 atom stereocenters. The lowest BCUT2D eigenvalue weighted by molar-refractivity contribution is 0.161. The molecule has 2 N–H and O–H groups in total. The second-order valence-electron chi connectivity index (χ2n) is 4.49. The number of hydrogen-bond donors (Lipinski definition) is 1. The molecule has 0 radical (unpaired) electrons. The van der Waals surface area contributed by atoms with Crippen LogP contribution in [0, 0.1) is 12.8 Å². The van der Waals surface area contributed by atoms with Crippen LogP contribution in [0.4, 0.5) is 0 Å². The van der Waals surface area contributed by atoms with Crippen LogP contribution < -0.4 is 10.5 Å². The summed E-state index contributed by atoms with van der Waals surface area (Å²) in [5.74, 6) is 1.45. The van der Waals surface area contributed by atoms with E-state index in [0.717, 1.165) is 29.3 Å². The first kappa shape index (κ1) is 11.7. The van der Waals surface area contributed by atoms with Gasteiger partial charge >= 0.3 is 0 Å². The van der Waals surface area contributed by atoms with Crippen molar-refractivity contribution in [3.63, 3.8) is 0 Å². The molecule has 1 aliphatic carbocycles. The second-order valence-corrected chi connectivity index (χ2v) is 4.93. The summed E-state index contributed by atoms with van der Waals surface area (Å²) >= 11 is 5.91. The van der Waals surface area contributed by atoms with E-state index in [-0.39, 0.29) is 6.10 Å². The van der Waals surface area contributed by atoms with Crippen molar-refractivity contribution in [3.05, 3.63) is 28.8 Å². The summed E-state index contributed by atoms with van der Waals surface area (Å²) in [6, 6.07) is 5.75. The van der Waals surface area contributed by atoms with E-state index < -0.39 is 0 Å². The van der Waals surface area contributed by atoms with Gasteiger partial charge in [0, 0.05) is 10.9 Å². The topological polar surface area (TPSA) is 35.2 Å². The lowest BCUT2D eigenvalue weighted by atomic mass is 10.1. The third-order valence-electron chi connectivity index (χ3n) is 3.31. The van der Waals surface area contributed by atoms with Gasteiger partial charge in [-0.3, -0.25) is 0 Å². The fourth-order valence-electron chi connectivity index (χ4n) is 2.34. The summed E-state index contributed by atoms with van der Waals surface area (Å²) in [7, 11) is 0. The Morgan fingerprint density at radius 1 is 1.44 bits per heavy atom. The molecule has 2 nitrogen and oxygen atoms in total. The summed E-state index contributed by atoms with van der Waals surface area (Å²) in [6.45, 7) is 2.74. The van der Waals surface area contributed by atoms with Crippen LogP contribution in [-0.4, -0.2) is 12.6 Å². The molecule has 1 aliphatic rings. The minimum Gasteiger partial charge on any atom is -0.490 e. The van der Waals surface area contributed by atoms with Gasteiger partial charge in [-0.15, -0.1) is 0 Å². The smallest absolute Gasteiger partial charge is 0.122 e. The molecular weight excluding hydrogens is 222 g/mol. The van der Waals surface area contributed by atoms with Crippen LogP contribution in [0.2, 0.25) is 5.02 Å². The standard InChI is InChI=1S/C13H18ClNO/c1-9-7-11(14)5-6-12(9)16-13-4-2-3-10(13)8-15/h5-7,10,13H,2-4,8,15H2,1H3. The van der Waals surface area contributed by atoms with E-state index >= 15 is 0 Å². The monoisotopic (exact) mass is 239 g/mol. The Labute approximate surface area is 102 Å². The van der Waals surface area contributed by atoms with Gasteiger partial charge in [-0.05, 0) is 56.5 Å². The van der Waals surface area contributed by atoms with E-state index in [1.165, 1.54) is 12.8 Å². The lowest BCUT2D eigenvalue weighted by Gasteiger charge is -2.21. The number of ether oxygens (including phenoxy) is 1. The number of hydrogen-bond acceptors (Lipinski definition) is 2. The van der Waals surface area contributed by atoms with E-state index in [0.29, 0.717) is 5.92 Å². The van der Waals surface area contributed by atoms with E-state index in [9.17, 15) is 0 Å². The van der Waals surface area contributed by atoms with Gasteiger partial charge in [0.15, 0.2) is 0 Å². The summed E-state index contributed by atoms with van der Waals surface area (Å²) in [5.41, 5.74) is 6.83. The van der Waals surface area contributed by atoms with Crippen molar-refractivity contribution in [2.24, 2.45) is 11.7 Å². The second kappa shape index (κ2) is 5.07. The SMILES string of the molecule is Cc1cc(Cl)ccc1OC1CCCC1CN. The molecular formula is C13H18ClNO. The van der Waals surface area contributed by atoms with Crippen molar-refractivity contribution in [3.8, 4) is 5.75 Å². The highest BCUT2D eigenvalue weighted by Crippen LogP contribution is 2.31. The Balaban J connectivity index is 2.08. The number of nitrogens with two attached hydrogens (primary N) is 1. The first-order chi connectivity index (χ1) is 7.70. The molecule has 0 spiro atoms. The molecule has 1 aromatic rings. The zero-order chi connectivity index (χ0) is 11.5. The Morgan fingerprint density at radius 3 is 2.94 bits per heavy atom. The molecule has 0 aliphatic heterocycles. The maximum absolute atomic E-state index is 6.03. The van der Waals surface area contributed by atoms with E-state index in [1.54, 1.807) is 0 Å². The molecule has 16 heavy (non-hydrogen) atoms. The van der Waals surface area contributed by atoms with Crippen molar-refractivity contribution in [1.82, 2.24) is 0 Å². The number of benzene rings is 1. The predicted molar refractivity (Wildman–Crippen MR) is 67.0 cm³/mol. The van der Waals surface area contributed by atoms with Crippen molar-refractivity contribution in [2.45, 2.75) is 32.3 Å². The fourth-order valence-corrected chi connectivity index (χ4v) is 2.56. The van der Waals surface area contributed by atoms with Gasteiger partial charge in [0.2, 0.25) is 0 Å². The van der Waals surface area contributed by atoms with E-state index in [4.69, 9.17) is 22.1 Å². The minimum atomic E-state index is 0.282. The number of halogens is 1. The van der Waals surface area contributed by atoms with Gasteiger partial charge in [0.1, 0.15) is 11.9 Å². The number of rotatable bonds is 3. The Hall–Kier alpha value is -0.730. The normalized spacial score (nSPS) is 24.7. The van der Waals surface area contributed by atoms with Crippen LogP contribution in [0.1, 0.15) is 24.8 Å². The molecule has 3 heteroatoms. The van der Waals surface area contributed by atoms with Crippen molar-refractivity contribution in [1.29, 1.82) is 0 Å². The van der Waals surface area contributed by atoms with Gasteiger partial charge in [0.05, 0.1) is 0 Å². The number of aryl methyl sites for hydroxylation is 1. The molecule has 0 bridgehead atoms. The van der Waals surface area contributed by atoms with Crippen LogP contribution in [0.25, 0.3) is 0 Å². The molecule has 88 valence electrons. The van der Waals surface area contributed by atoms with Crippen LogP contribution in [0.15, 0.2) is 18.2 Å². The maximum Gasteiger partial charge on any atom is 0.122 e. The van der Waals surface area contributed by atoms with Crippen molar-refractivity contribution < 1.29 is 4.74 Å². The molecule has 2 unspecified atom stereocenters. The van der Waals surface area contributed by atoms with Crippen molar-refractivity contribution in [2.75, 3.05) is 6.54 Å². The molecule has 0 aromatic heterocycles. The van der Waals surface area contributed by atoms with Crippen molar-refractivity contribution >= 4 is 11.6 Å². The van der Waals surface area contributed by atoms with Crippen LogP contribution in [-0.2, 0) is 0 Å². The van der Waals surface area contributed by atoms with E-state index in [2.05, 4.69) is 0 Å². The first-order valence-electron chi connectivity index (χ1n) is 5.83. The molecule has 0 amide bonds. The van der Waals surface area contributed by atoms with Gasteiger partial charge in [-0.25, -0.2) is 0 Å². The third kappa shape index (κ3) is 2.50. The average Bonchev–Trinajstić information content (AvgIpc) is 2.69. The summed E-state index contributed by atoms with van der Waals surface area (Å²) < 4.78 is 6.03. The lowest BCUT2D eigenvalue weighted by Crippen LogP contribution is -2.27. The van der Waals surface area contributed by atoms with E-state index in [1.807, 2.05) is 25.1 Å². The highest BCUT2D eigenvalue weighted by Gasteiger charge is 2.27. The fraction of sp³-hybridized carbons (Fsp3) is 0.538. The molecule has 1 fully saturated rings. The largest absolute Gasteiger partial charge is 0.490 e. The van der Waals surface area contributed by atoms with Gasteiger partial charge in [-0.2, -0.15) is 0 Å². The minimum absolute atomic E-state index is 0.282. The predicted octanol–water partition coefficient (Wildman–Crippen LogP) is 3.15. The highest BCUT2D eigenvalue weighted by atomic mass is 35.5. The van der Waals surface area contributed by atoms with Gasteiger partial charge < -0.3 is 10.5 Å². The Bertz CT molecular complexity index is 367. The first-order valence-corrected chi connectivity index (χ1v) is 6.21. The summed E-state index contributed by atoms with van der Waals surface area (Å²) in [5, 5.41) is 0.756. The molecule has 0 saturated heterocycles. The molecule has 2 rings (SSSR count). The zero-order valence-corrected chi connectivity index (χ0v) is 10.3. The Kier molecular flexibility index (Phi) is 3.72. The highest BCUT2D eigenvalue weighted by molar-refractivity contribution is 6.30. The maximum atomic E-state index is 6.03. The molecule has 0 heterocycles. The molecule has 1 aromatic carbocycles. The van der Waals surface area contributed by atoms with Crippen LogP contribution >= 0.6 is 11.6 Å². The van der Waals surface area contributed by atoms with Crippen LogP contribution in [0.3, 0.4) is 0 Å². The quantitative estimate of drug-likeness (QED) is 0.880. The average molecular weight is 240 g/mol.